The van der Waals surface area contributed by atoms with Crippen LogP contribution in [0.25, 0.3) is 21.6 Å². The predicted molar refractivity (Wildman–Crippen MR) is 102 cm³/mol. The van der Waals surface area contributed by atoms with Gasteiger partial charge >= 0.3 is 5.97 Å². The standard InChI is InChI=1S/C18H16N4O2S2/c1-11(2)22-16-13(7-20-22)5-14(6-19-16)18(23)24-8-15-10-26-17(21-15)12-3-4-25-9-12/h3-7,9-11H,8H2,1-2H3. The van der Waals surface area contributed by atoms with Crippen LogP contribution < -0.4 is 0 Å². The first-order valence-corrected chi connectivity index (χ1v) is 9.91. The van der Waals surface area contributed by atoms with E-state index in [2.05, 4.69) is 15.1 Å². The van der Waals surface area contributed by atoms with Crippen LogP contribution in [0.4, 0.5) is 0 Å². The molecule has 0 aliphatic carbocycles. The van der Waals surface area contributed by atoms with Gasteiger partial charge in [-0.05, 0) is 31.4 Å². The lowest BCUT2D eigenvalue weighted by atomic mass is 10.2. The highest BCUT2D eigenvalue weighted by Gasteiger charge is 2.14. The second-order valence-corrected chi connectivity index (χ2v) is 7.69. The molecule has 0 aliphatic heterocycles. The number of carbonyl (C=O) groups is 1. The molecule has 0 bridgehead atoms. The van der Waals surface area contributed by atoms with Gasteiger partial charge in [-0.25, -0.2) is 19.4 Å². The Hall–Kier alpha value is -2.58. The number of carbonyl (C=O) groups excluding carboxylic acids is 1. The van der Waals surface area contributed by atoms with Gasteiger partial charge in [-0.3, -0.25) is 0 Å². The molecule has 4 rings (SSSR count). The number of thiazole rings is 1. The summed E-state index contributed by atoms with van der Waals surface area (Å²) in [4.78, 5) is 21.2. The summed E-state index contributed by atoms with van der Waals surface area (Å²) in [6.45, 7) is 4.21. The molecule has 26 heavy (non-hydrogen) atoms. The first-order chi connectivity index (χ1) is 12.6. The molecule has 0 N–H and O–H groups in total. The van der Waals surface area contributed by atoms with E-state index < -0.39 is 5.97 Å². The topological polar surface area (TPSA) is 69.9 Å². The van der Waals surface area contributed by atoms with Crippen LogP contribution in [0.3, 0.4) is 0 Å². The van der Waals surface area contributed by atoms with Crippen LogP contribution in [-0.4, -0.2) is 25.7 Å². The van der Waals surface area contributed by atoms with Crippen molar-refractivity contribution in [3.05, 3.63) is 51.9 Å². The van der Waals surface area contributed by atoms with Gasteiger partial charge < -0.3 is 4.74 Å². The lowest BCUT2D eigenvalue weighted by molar-refractivity contribution is 0.0468. The SMILES string of the molecule is CC(C)n1ncc2cc(C(=O)OCc3csc(-c4ccsc4)n3)cnc21. The number of esters is 1. The van der Waals surface area contributed by atoms with Gasteiger partial charge in [-0.2, -0.15) is 16.4 Å². The molecule has 132 valence electrons. The van der Waals surface area contributed by atoms with E-state index in [-0.39, 0.29) is 12.6 Å². The molecule has 0 saturated heterocycles. The minimum atomic E-state index is -0.415. The summed E-state index contributed by atoms with van der Waals surface area (Å²) >= 11 is 3.17. The second kappa shape index (κ2) is 6.97. The van der Waals surface area contributed by atoms with Gasteiger partial charge in [0.15, 0.2) is 5.65 Å². The molecule has 6 nitrogen and oxygen atoms in total. The van der Waals surface area contributed by atoms with Crippen molar-refractivity contribution in [1.82, 2.24) is 19.7 Å². The number of pyridine rings is 1. The van der Waals surface area contributed by atoms with E-state index >= 15 is 0 Å². The first-order valence-electron chi connectivity index (χ1n) is 8.09. The highest BCUT2D eigenvalue weighted by molar-refractivity contribution is 7.14. The quantitative estimate of drug-likeness (QED) is 0.472. The molecule has 0 atom stereocenters. The van der Waals surface area contributed by atoms with Crippen LogP contribution in [0.1, 0.15) is 35.9 Å². The summed E-state index contributed by atoms with van der Waals surface area (Å²) < 4.78 is 7.21. The van der Waals surface area contributed by atoms with Crippen LogP contribution in [0.5, 0.6) is 0 Å². The van der Waals surface area contributed by atoms with Crippen LogP contribution in [0, 0.1) is 0 Å². The third-order valence-electron chi connectivity index (χ3n) is 3.83. The van der Waals surface area contributed by atoms with E-state index in [1.54, 1.807) is 34.9 Å². The molecule has 4 aromatic rings. The van der Waals surface area contributed by atoms with Gasteiger partial charge in [0.2, 0.25) is 0 Å². The lowest BCUT2D eigenvalue weighted by Gasteiger charge is -2.06. The predicted octanol–water partition coefficient (Wildman–Crippen LogP) is 4.55. The first kappa shape index (κ1) is 16.9. The van der Waals surface area contributed by atoms with Gasteiger partial charge in [0.05, 0.1) is 17.5 Å². The number of ether oxygens (including phenoxy) is 1. The van der Waals surface area contributed by atoms with Gasteiger partial charge in [0.1, 0.15) is 11.6 Å². The molecule has 0 radical (unpaired) electrons. The summed E-state index contributed by atoms with van der Waals surface area (Å²) in [5.41, 5.74) is 3.01. The summed E-state index contributed by atoms with van der Waals surface area (Å²) in [7, 11) is 0. The van der Waals surface area contributed by atoms with E-state index in [0.717, 1.165) is 27.3 Å². The molecule has 0 aliphatic rings. The van der Waals surface area contributed by atoms with Crippen molar-refractivity contribution in [3.63, 3.8) is 0 Å². The van der Waals surface area contributed by atoms with Crippen molar-refractivity contribution in [3.8, 4) is 10.6 Å². The Kier molecular flexibility index (Phi) is 4.52. The summed E-state index contributed by atoms with van der Waals surface area (Å²) in [6, 6.07) is 3.99. The van der Waals surface area contributed by atoms with Crippen LogP contribution in [0.15, 0.2) is 40.7 Å². The van der Waals surface area contributed by atoms with Crippen molar-refractivity contribution in [2.45, 2.75) is 26.5 Å². The molecule has 0 spiro atoms. The van der Waals surface area contributed by atoms with Gasteiger partial charge in [0.25, 0.3) is 0 Å². The molecular formula is C18H16N4O2S2. The number of aromatic nitrogens is 4. The maximum atomic E-state index is 12.3. The Morgan fingerprint density at radius 1 is 1.31 bits per heavy atom. The Bertz CT molecular complexity index is 1050. The minimum Gasteiger partial charge on any atom is -0.456 e. The molecule has 0 unspecified atom stereocenters. The van der Waals surface area contributed by atoms with Crippen molar-refractivity contribution < 1.29 is 9.53 Å². The fourth-order valence-electron chi connectivity index (χ4n) is 2.54. The molecule has 0 amide bonds. The van der Waals surface area contributed by atoms with E-state index in [9.17, 15) is 4.79 Å². The summed E-state index contributed by atoms with van der Waals surface area (Å²) in [6.07, 6.45) is 3.25. The number of thiophene rings is 1. The second-order valence-electron chi connectivity index (χ2n) is 6.05. The van der Waals surface area contributed by atoms with Crippen molar-refractivity contribution in [1.29, 1.82) is 0 Å². The Morgan fingerprint density at radius 3 is 2.96 bits per heavy atom. The fourth-order valence-corrected chi connectivity index (χ4v) is 4.06. The van der Waals surface area contributed by atoms with E-state index in [1.165, 1.54) is 6.20 Å². The van der Waals surface area contributed by atoms with Crippen molar-refractivity contribution >= 4 is 39.7 Å². The highest BCUT2D eigenvalue weighted by Crippen LogP contribution is 2.26. The number of rotatable bonds is 5. The zero-order chi connectivity index (χ0) is 18.1. The molecule has 0 aromatic carbocycles. The number of fused-ring (bicyclic) bond motifs is 1. The fraction of sp³-hybridized carbons (Fsp3) is 0.222. The maximum Gasteiger partial charge on any atom is 0.340 e. The number of nitrogens with zero attached hydrogens (tertiary/aromatic N) is 4. The zero-order valence-electron chi connectivity index (χ0n) is 14.2. The largest absolute Gasteiger partial charge is 0.456 e. The third-order valence-corrected chi connectivity index (χ3v) is 5.45. The third kappa shape index (κ3) is 3.25. The molecule has 8 heteroatoms. The number of hydrogen-bond acceptors (Lipinski definition) is 7. The van der Waals surface area contributed by atoms with Crippen LogP contribution in [0.2, 0.25) is 0 Å². The lowest BCUT2D eigenvalue weighted by Crippen LogP contribution is -2.07. The minimum absolute atomic E-state index is 0.142. The molecule has 4 heterocycles. The monoisotopic (exact) mass is 384 g/mol. The Labute approximate surface area is 158 Å². The Balaban J connectivity index is 1.46. The summed E-state index contributed by atoms with van der Waals surface area (Å²) in [5, 5.41) is 12.0. The van der Waals surface area contributed by atoms with Crippen molar-refractivity contribution in [2.24, 2.45) is 0 Å². The molecule has 4 aromatic heterocycles. The van der Waals surface area contributed by atoms with Gasteiger partial charge in [0, 0.05) is 33.9 Å². The van der Waals surface area contributed by atoms with E-state index in [4.69, 9.17) is 4.74 Å². The average molecular weight is 384 g/mol. The highest BCUT2D eigenvalue weighted by atomic mass is 32.1. The molecular weight excluding hydrogens is 368 g/mol. The van der Waals surface area contributed by atoms with E-state index in [1.807, 2.05) is 40.7 Å². The molecule has 0 fully saturated rings. The summed E-state index contributed by atoms with van der Waals surface area (Å²) in [5.74, 6) is -0.415. The Morgan fingerprint density at radius 2 is 2.19 bits per heavy atom. The van der Waals surface area contributed by atoms with Crippen LogP contribution in [-0.2, 0) is 11.3 Å². The van der Waals surface area contributed by atoms with Crippen LogP contribution >= 0.6 is 22.7 Å². The normalized spacial score (nSPS) is 11.3. The average Bonchev–Trinajstić information content (AvgIpc) is 3.38. The smallest absolute Gasteiger partial charge is 0.340 e. The maximum absolute atomic E-state index is 12.3. The van der Waals surface area contributed by atoms with Gasteiger partial charge in [-0.1, -0.05) is 0 Å². The molecule has 0 saturated carbocycles. The van der Waals surface area contributed by atoms with E-state index in [0.29, 0.717) is 5.56 Å². The number of hydrogen-bond donors (Lipinski definition) is 0. The zero-order valence-corrected chi connectivity index (χ0v) is 15.9. The van der Waals surface area contributed by atoms with Gasteiger partial charge in [-0.15, -0.1) is 11.3 Å². The van der Waals surface area contributed by atoms with Crippen molar-refractivity contribution in [2.75, 3.05) is 0 Å².